The Bertz CT molecular complexity index is 861. The number of aromatic hydroxyl groups is 1. The average Bonchev–Trinajstić information content (AvgIpc) is 3.16. The zero-order valence-electron chi connectivity index (χ0n) is 15.2. The van der Waals surface area contributed by atoms with Gasteiger partial charge in [0, 0.05) is 11.5 Å². The molecule has 26 heavy (non-hydrogen) atoms. The van der Waals surface area contributed by atoms with Crippen molar-refractivity contribution in [2.45, 2.75) is 18.4 Å². The second-order valence-corrected chi connectivity index (χ2v) is 6.67. The van der Waals surface area contributed by atoms with E-state index in [1.165, 1.54) is 0 Å². The quantitative estimate of drug-likeness (QED) is 0.805. The van der Waals surface area contributed by atoms with E-state index in [0.717, 1.165) is 34.7 Å². The number of nitrogens with one attached hydrogen (secondary N) is 1. The van der Waals surface area contributed by atoms with Crippen LogP contribution in [0.25, 0.3) is 0 Å². The Morgan fingerprint density at radius 2 is 1.69 bits per heavy atom. The third-order valence-electron chi connectivity index (χ3n) is 5.44. The van der Waals surface area contributed by atoms with E-state index in [-0.39, 0.29) is 17.7 Å². The van der Waals surface area contributed by atoms with Crippen LogP contribution in [-0.4, -0.2) is 26.4 Å². The van der Waals surface area contributed by atoms with Gasteiger partial charge in [-0.15, -0.1) is 0 Å². The van der Waals surface area contributed by atoms with Crippen LogP contribution in [0.5, 0.6) is 23.0 Å². The molecule has 2 aromatic carbocycles. The van der Waals surface area contributed by atoms with Crippen molar-refractivity contribution in [3.63, 3.8) is 0 Å². The van der Waals surface area contributed by atoms with Crippen molar-refractivity contribution < 1.29 is 19.3 Å². The van der Waals surface area contributed by atoms with E-state index < -0.39 is 0 Å². The van der Waals surface area contributed by atoms with Crippen LogP contribution in [0.4, 0.5) is 5.69 Å². The largest absolute Gasteiger partial charge is 0.504 e. The van der Waals surface area contributed by atoms with Gasteiger partial charge in [-0.25, -0.2) is 0 Å². The maximum atomic E-state index is 9.93. The summed E-state index contributed by atoms with van der Waals surface area (Å²) in [6, 6.07) is 9.51. The van der Waals surface area contributed by atoms with Gasteiger partial charge in [0.15, 0.2) is 11.5 Å². The van der Waals surface area contributed by atoms with Gasteiger partial charge in [0.25, 0.3) is 0 Å². The molecule has 1 aliphatic carbocycles. The fourth-order valence-corrected chi connectivity index (χ4v) is 4.21. The highest BCUT2D eigenvalue weighted by Gasteiger charge is 2.41. The molecule has 136 valence electrons. The SMILES string of the molecule is COc1cc(C2Nc3c(OC)ccc(OC)c3C3C=CCC32)ccc1O. The van der Waals surface area contributed by atoms with Crippen LogP contribution in [-0.2, 0) is 0 Å². The van der Waals surface area contributed by atoms with Gasteiger partial charge in [-0.05, 0) is 42.2 Å². The minimum absolute atomic E-state index is 0.0815. The van der Waals surface area contributed by atoms with Gasteiger partial charge < -0.3 is 24.6 Å². The second kappa shape index (κ2) is 6.48. The van der Waals surface area contributed by atoms with Crippen LogP contribution < -0.4 is 19.5 Å². The Morgan fingerprint density at radius 3 is 2.42 bits per heavy atom. The molecule has 0 spiro atoms. The van der Waals surface area contributed by atoms with Gasteiger partial charge in [0.2, 0.25) is 0 Å². The molecule has 0 saturated heterocycles. The number of hydrogen-bond acceptors (Lipinski definition) is 5. The number of anilines is 1. The van der Waals surface area contributed by atoms with E-state index in [0.29, 0.717) is 11.7 Å². The van der Waals surface area contributed by atoms with Gasteiger partial charge in [0.05, 0.1) is 33.1 Å². The van der Waals surface area contributed by atoms with Crippen molar-refractivity contribution in [2.24, 2.45) is 5.92 Å². The predicted molar refractivity (Wildman–Crippen MR) is 101 cm³/mol. The zero-order valence-corrected chi connectivity index (χ0v) is 15.2. The van der Waals surface area contributed by atoms with Gasteiger partial charge in [-0.1, -0.05) is 18.2 Å². The number of ether oxygens (including phenoxy) is 3. The molecule has 0 radical (unpaired) electrons. The van der Waals surface area contributed by atoms with Crippen LogP contribution >= 0.6 is 0 Å². The molecule has 0 amide bonds. The molecule has 5 nitrogen and oxygen atoms in total. The molecule has 2 N–H and O–H groups in total. The highest BCUT2D eigenvalue weighted by molar-refractivity contribution is 5.72. The summed E-state index contributed by atoms with van der Waals surface area (Å²) in [5.41, 5.74) is 3.19. The standard InChI is InChI=1S/C21H23NO4/c1-24-16-9-10-17(25-2)21-19(16)13-5-4-6-14(13)20(22-21)12-7-8-15(23)18(11-12)26-3/h4-5,7-11,13-14,20,22-23H,6H2,1-3H3. The first-order valence-corrected chi connectivity index (χ1v) is 8.73. The van der Waals surface area contributed by atoms with E-state index in [1.807, 2.05) is 24.3 Å². The Morgan fingerprint density at radius 1 is 0.962 bits per heavy atom. The molecule has 4 rings (SSSR count). The fraction of sp³-hybridized carbons (Fsp3) is 0.333. The van der Waals surface area contributed by atoms with Crippen molar-refractivity contribution in [2.75, 3.05) is 26.6 Å². The van der Waals surface area contributed by atoms with Crippen molar-refractivity contribution >= 4 is 5.69 Å². The summed E-state index contributed by atoms with van der Waals surface area (Å²) in [6.07, 6.45) is 5.47. The van der Waals surface area contributed by atoms with E-state index in [9.17, 15) is 5.11 Å². The monoisotopic (exact) mass is 353 g/mol. The van der Waals surface area contributed by atoms with Crippen LogP contribution in [0, 0.1) is 5.92 Å². The number of fused-ring (bicyclic) bond motifs is 3. The highest BCUT2D eigenvalue weighted by atomic mass is 16.5. The summed E-state index contributed by atoms with van der Waals surface area (Å²) >= 11 is 0. The molecule has 5 heteroatoms. The Hall–Kier alpha value is -2.82. The lowest BCUT2D eigenvalue weighted by Crippen LogP contribution is -2.29. The summed E-state index contributed by atoms with van der Waals surface area (Å²) < 4.78 is 16.5. The van der Waals surface area contributed by atoms with Gasteiger partial charge in [0.1, 0.15) is 11.5 Å². The van der Waals surface area contributed by atoms with Crippen LogP contribution in [0.1, 0.15) is 29.5 Å². The first-order valence-electron chi connectivity index (χ1n) is 8.73. The van der Waals surface area contributed by atoms with Crippen molar-refractivity contribution in [3.8, 4) is 23.0 Å². The zero-order chi connectivity index (χ0) is 18.3. The molecular formula is C21H23NO4. The molecular weight excluding hydrogens is 330 g/mol. The topological polar surface area (TPSA) is 60.0 Å². The Balaban J connectivity index is 1.84. The lowest BCUT2D eigenvalue weighted by atomic mass is 9.76. The van der Waals surface area contributed by atoms with E-state index >= 15 is 0 Å². The number of methoxy groups -OCH3 is 3. The second-order valence-electron chi connectivity index (χ2n) is 6.67. The molecule has 1 heterocycles. The van der Waals surface area contributed by atoms with Crippen LogP contribution in [0.2, 0.25) is 0 Å². The van der Waals surface area contributed by atoms with Crippen molar-refractivity contribution in [1.29, 1.82) is 0 Å². The molecule has 2 aliphatic rings. The van der Waals surface area contributed by atoms with E-state index in [2.05, 4.69) is 17.5 Å². The van der Waals surface area contributed by atoms with Crippen molar-refractivity contribution in [3.05, 3.63) is 53.6 Å². The maximum absolute atomic E-state index is 9.93. The molecule has 0 saturated carbocycles. The molecule has 0 fully saturated rings. The summed E-state index contributed by atoms with van der Waals surface area (Å²) in [5.74, 6) is 2.91. The minimum Gasteiger partial charge on any atom is -0.504 e. The molecule has 1 aliphatic heterocycles. The summed E-state index contributed by atoms with van der Waals surface area (Å²) in [6.45, 7) is 0. The first-order chi connectivity index (χ1) is 12.7. The minimum atomic E-state index is 0.0815. The predicted octanol–water partition coefficient (Wildman–Crippen LogP) is 4.24. The Labute approximate surface area is 153 Å². The number of hydrogen-bond donors (Lipinski definition) is 2. The molecule has 0 aromatic heterocycles. The third-order valence-corrected chi connectivity index (χ3v) is 5.44. The van der Waals surface area contributed by atoms with Crippen LogP contribution in [0.3, 0.4) is 0 Å². The van der Waals surface area contributed by atoms with Crippen molar-refractivity contribution in [1.82, 2.24) is 0 Å². The fourth-order valence-electron chi connectivity index (χ4n) is 4.21. The number of allylic oxidation sites excluding steroid dienone is 2. The van der Waals surface area contributed by atoms with E-state index in [1.54, 1.807) is 27.4 Å². The average molecular weight is 353 g/mol. The van der Waals surface area contributed by atoms with Crippen LogP contribution in [0.15, 0.2) is 42.5 Å². The molecule has 0 bridgehead atoms. The lowest BCUT2D eigenvalue weighted by Gasteiger charge is -2.38. The normalized spacial score (nSPS) is 23.0. The highest BCUT2D eigenvalue weighted by Crippen LogP contribution is 2.55. The van der Waals surface area contributed by atoms with Gasteiger partial charge in [-0.2, -0.15) is 0 Å². The first kappa shape index (κ1) is 16.6. The number of benzene rings is 2. The number of rotatable bonds is 4. The molecule has 3 atom stereocenters. The third kappa shape index (κ3) is 2.46. The van der Waals surface area contributed by atoms with Gasteiger partial charge in [-0.3, -0.25) is 0 Å². The molecule has 3 unspecified atom stereocenters. The van der Waals surface area contributed by atoms with E-state index in [4.69, 9.17) is 14.2 Å². The lowest BCUT2D eigenvalue weighted by molar-refractivity contribution is 0.363. The van der Waals surface area contributed by atoms with Gasteiger partial charge >= 0.3 is 0 Å². The summed E-state index contributed by atoms with van der Waals surface area (Å²) in [5, 5.41) is 13.6. The Kier molecular flexibility index (Phi) is 4.15. The maximum Gasteiger partial charge on any atom is 0.160 e. The summed E-state index contributed by atoms with van der Waals surface area (Å²) in [7, 11) is 4.95. The molecule has 2 aromatic rings. The summed E-state index contributed by atoms with van der Waals surface area (Å²) in [4.78, 5) is 0. The number of phenolic OH excluding ortho intramolecular Hbond substituents is 1. The number of phenols is 1. The smallest absolute Gasteiger partial charge is 0.160 e.